The minimum Gasteiger partial charge on any atom is -0.493 e. The van der Waals surface area contributed by atoms with Crippen LogP contribution in [0.3, 0.4) is 0 Å². The van der Waals surface area contributed by atoms with Gasteiger partial charge in [0.15, 0.2) is 11.5 Å². The highest BCUT2D eigenvalue weighted by Gasteiger charge is 2.37. The molecule has 8 nitrogen and oxygen atoms in total. The normalized spacial score (nSPS) is 15.1. The lowest BCUT2D eigenvalue weighted by Crippen LogP contribution is -2.55. The third-order valence-corrected chi connectivity index (χ3v) is 4.77. The Balaban J connectivity index is 2.16. The number of hydrogen-bond donors (Lipinski definition) is 1. The molecule has 0 saturated heterocycles. The fourth-order valence-electron chi connectivity index (χ4n) is 3.21. The summed E-state index contributed by atoms with van der Waals surface area (Å²) in [7, 11) is 3.19. The van der Waals surface area contributed by atoms with Gasteiger partial charge in [-0.25, -0.2) is 4.79 Å². The molecule has 2 amide bonds. The summed E-state index contributed by atoms with van der Waals surface area (Å²) < 4.78 is 10.8. The lowest BCUT2D eigenvalue weighted by molar-refractivity contribution is -0.300. The van der Waals surface area contributed by atoms with Crippen molar-refractivity contribution < 1.29 is 28.8 Å². The third kappa shape index (κ3) is 6.01. The second-order valence-corrected chi connectivity index (χ2v) is 9.50. The van der Waals surface area contributed by atoms with Crippen LogP contribution in [0.15, 0.2) is 12.1 Å². The molecule has 1 aromatic rings. The first-order valence-electron chi connectivity index (χ1n) is 10.0. The number of fused-ring (bicyclic) bond motifs is 1. The van der Waals surface area contributed by atoms with Crippen molar-refractivity contribution in [1.82, 2.24) is 10.2 Å². The van der Waals surface area contributed by atoms with Gasteiger partial charge in [0.25, 0.3) is 0 Å². The van der Waals surface area contributed by atoms with Crippen LogP contribution in [-0.4, -0.2) is 49.3 Å². The van der Waals surface area contributed by atoms with Crippen LogP contribution >= 0.6 is 0 Å². The number of hydrogen-bond acceptors (Lipinski definition) is 6. The Hall–Kier alpha value is -2.48. The first-order valence-corrected chi connectivity index (χ1v) is 10.0. The largest absolute Gasteiger partial charge is 0.493 e. The Labute approximate surface area is 178 Å². The van der Waals surface area contributed by atoms with Crippen LogP contribution in [0.25, 0.3) is 0 Å². The molecular formula is C22H34N2O6. The van der Waals surface area contributed by atoms with E-state index in [1.165, 1.54) is 0 Å². The van der Waals surface area contributed by atoms with E-state index in [1.54, 1.807) is 39.9 Å². The van der Waals surface area contributed by atoms with Crippen LogP contribution in [0, 0.1) is 5.41 Å². The molecule has 0 bridgehead atoms. The number of carbonyl (C=O) groups is 2. The topological polar surface area (TPSA) is 86.3 Å². The molecule has 1 unspecified atom stereocenters. The summed E-state index contributed by atoms with van der Waals surface area (Å²) in [6.45, 7) is 12.0. The number of benzene rings is 1. The number of nitrogens with zero attached hydrogens (tertiary/aromatic N) is 1. The predicted octanol–water partition coefficient (Wildman–Crippen LogP) is 3.46. The Kier molecular flexibility index (Phi) is 7.23. The molecule has 0 radical (unpaired) electrons. The second kappa shape index (κ2) is 9.12. The number of amides is 2. The molecule has 0 aliphatic carbocycles. The molecule has 1 aliphatic rings. The average molecular weight is 423 g/mol. The number of nitrogens with one attached hydrogen (secondary N) is 1. The smallest absolute Gasteiger partial charge is 0.439 e. The standard InChI is InChI=1S/C22H34N2O6/c1-21(2,3)18(23-20(26)29-30-22(4,5)6)19(25)24-10-9-14-11-16(27-7)17(28-8)12-15(14)13-24/h11-12,18H,9-10,13H2,1-8H3,(H,23,26). The average Bonchev–Trinajstić information content (AvgIpc) is 2.66. The van der Waals surface area contributed by atoms with E-state index >= 15 is 0 Å². The minimum atomic E-state index is -0.790. The Bertz CT molecular complexity index is 779. The lowest BCUT2D eigenvalue weighted by Gasteiger charge is -2.37. The zero-order chi connectivity index (χ0) is 22.7. The van der Waals surface area contributed by atoms with Crippen LogP contribution in [0.2, 0.25) is 0 Å². The van der Waals surface area contributed by atoms with Crippen LogP contribution in [0.5, 0.6) is 11.5 Å². The van der Waals surface area contributed by atoms with Crippen molar-refractivity contribution in [3.05, 3.63) is 23.3 Å². The molecule has 168 valence electrons. The summed E-state index contributed by atoms with van der Waals surface area (Å²) in [6.07, 6.45) is -0.0995. The number of ether oxygens (including phenoxy) is 2. The van der Waals surface area contributed by atoms with Crippen LogP contribution in [0.4, 0.5) is 4.79 Å². The second-order valence-electron chi connectivity index (χ2n) is 9.50. The van der Waals surface area contributed by atoms with Gasteiger partial charge in [0.2, 0.25) is 5.91 Å². The molecule has 1 atom stereocenters. The first-order chi connectivity index (χ1) is 13.9. The van der Waals surface area contributed by atoms with Crippen molar-refractivity contribution in [2.75, 3.05) is 20.8 Å². The highest BCUT2D eigenvalue weighted by molar-refractivity contribution is 5.86. The quantitative estimate of drug-likeness (QED) is 0.578. The fourth-order valence-corrected chi connectivity index (χ4v) is 3.21. The van der Waals surface area contributed by atoms with E-state index in [4.69, 9.17) is 19.2 Å². The Morgan fingerprint density at radius 2 is 1.57 bits per heavy atom. The van der Waals surface area contributed by atoms with Crippen molar-refractivity contribution in [1.29, 1.82) is 0 Å². The summed E-state index contributed by atoms with van der Waals surface area (Å²) in [5.41, 5.74) is 0.957. The molecule has 0 saturated carbocycles. The molecule has 0 spiro atoms. The van der Waals surface area contributed by atoms with Crippen LogP contribution in [0.1, 0.15) is 52.7 Å². The van der Waals surface area contributed by atoms with E-state index in [0.717, 1.165) is 11.1 Å². The fraction of sp³-hybridized carbons (Fsp3) is 0.636. The predicted molar refractivity (Wildman–Crippen MR) is 112 cm³/mol. The number of methoxy groups -OCH3 is 2. The van der Waals surface area contributed by atoms with Gasteiger partial charge >= 0.3 is 6.09 Å². The van der Waals surface area contributed by atoms with Crippen molar-refractivity contribution >= 4 is 12.0 Å². The highest BCUT2D eigenvalue weighted by Crippen LogP contribution is 2.34. The maximum Gasteiger partial charge on any atom is 0.439 e. The number of rotatable bonds is 5. The van der Waals surface area contributed by atoms with Crippen molar-refractivity contribution in [3.8, 4) is 11.5 Å². The van der Waals surface area contributed by atoms with E-state index in [9.17, 15) is 9.59 Å². The third-order valence-electron chi connectivity index (χ3n) is 4.77. The molecule has 0 aromatic heterocycles. The van der Waals surface area contributed by atoms with Gasteiger partial charge in [-0.2, -0.15) is 4.89 Å². The van der Waals surface area contributed by atoms with Gasteiger partial charge < -0.3 is 19.7 Å². The van der Waals surface area contributed by atoms with Crippen molar-refractivity contribution in [2.24, 2.45) is 5.41 Å². The van der Waals surface area contributed by atoms with Crippen LogP contribution < -0.4 is 14.8 Å². The van der Waals surface area contributed by atoms with E-state index in [0.29, 0.717) is 31.0 Å². The zero-order valence-corrected chi connectivity index (χ0v) is 19.3. The van der Waals surface area contributed by atoms with Gasteiger partial charge in [-0.15, -0.1) is 0 Å². The van der Waals surface area contributed by atoms with E-state index in [1.807, 2.05) is 32.9 Å². The molecular weight excluding hydrogens is 388 g/mol. The molecule has 8 heteroatoms. The summed E-state index contributed by atoms with van der Waals surface area (Å²) in [5, 5.41) is 2.67. The Morgan fingerprint density at radius 1 is 1.00 bits per heavy atom. The highest BCUT2D eigenvalue weighted by atomic mass is 17.2. The zero-order valence-electron chi connectivity index (χ0n) is 19.3. The maximum absolute atomic E-state index is 13.3. The van der Waals surface area contributed by atoms with Gasteiger partial charge in [-0.3, -0.25) is 9.68 Å². The van der Waals surface area contributed by atoms with Gasteiger partial charge in [-0.1, -0.05) is 20.8 Å². The SMILES string of the molecule is COc1cc2c(cc1OC)CN(C(=O)C(NC(=O)OOC(C)(C)C)C(C)(C)C)CC2. The van der Waals surface area contributed by atoms with Gasteiger partial charge in [0.1, 0.15) is 11.6 Å². The molecule has 1 N–H and O–H groups in total. The summed E-state index contributed by atoms with van der Waals surface area (Å²) in [5.74, 6) is 1.13. The number of carbonyl (C=O) groups excluding carboxylic acids is 2. The maximum atomic E-state index is 13.3. The van der Waals surface area contributed by atoms with E-state index in [2.05, 4.69) is 5.32 Å². The summed E-state index contributed by atoms with van der Waals surface area (Å²) in [6, 6.07) is 3.09. The molecule has 1 aliphatic heterocycles. The van der Waals surface area contributed by atoms with Crippen molar-refractivity contribution in [2.45, 2.75) is 66.2 Å². The van der Waals surface area contributed by atoms with Gasteiger partial charge in [0.05, 0.1) is 14.2 Å². The van der Waals surface area contributed by atoms with E-state index < -0.39 is 23.2 Å². The molecule has 0 fully saturated rings. The Morgan fingerprint density at radius 3 is 2.07 bits per heavy atom. The van der Waals surface area contributed by atoms with Gasteiger partial charge in [-0.05, 0) is 55.9 Å². The minimum absolute atomic E-state index is 0.171. The molecule has 2 rings (SSSR count). The monoisotopic (exact) mass is 422 g/mol. The van der Waals surface area contributed by atoms with Crippen LogP contribution in [-0.2, 0) is 27.5 Å². The summed E-state index contributed by atoms with van der Waals surface area (Å²) in [4.78, 5) is 37.2. The molecule has 30 heavy (non-hydrogen) atoms. The van der Waals surface area contributed by atoms with Gasteiger partial charge in [0, 0.05) is 13.1 Å². The molecule has 1 aromatic carbocycles. The van der Waals surface area contributed by atoms with Crippen molar-refractivity contribution in [3.63, 3.8) is 0 Å². The molecule has 1 heterocycles. The first kappa shape index (κ1) is 23.8. The van der Waals surface area contributed by atoms with E-state index in [-0.39, 0.29) is 5.91 Å². The summed E-state index contributed by atoms with van der Waals surface area (Å²) >= 11 is 0. The lowest BCUT2D eigenvalue weighted by atomic mass is 9.85.